The van der Waals surface area contributed by atoms with Gasteiger partial charge < -0.3 is 5.32 Å². The van der Waals surface area contributed by atoms with E-state index in [0.29, 0.717) is 32.6 Å². The molecular weight excluding hydrogens is 451 g/mol. The number of amides is 2. The Hall–Kier alpha value is -2.36. The van der Waals surface area contributed by atoms with Crippen molar-refractivity contribution in [2.24, 2.45) is 10.8 Å². The van der Waals surface area contributed by atoms with Gasteiger partial charge in [-0.25, -0.2) is 10.9 Å². The van der Waals surface area contributed by atoms with Crippen molar-refractivity contribution < 1.29 is 9.59 Å². The van der Waals surface area contributed by atoms with Gasteiger partial charge in [-0.05, 0) is 24.3 Å². The van der Waals surface area contributed by atoms with Gasteiger partial charge in [-0.3, -0.25) is 20.0 Å². The van der Waals surface area contributed by atoms with Gasteiger partial charge in [-0.1, -0.05) is 41.4 Å². The predicted molar refractivity (Wildman–Crippen MR) is 118 cm³/mol. The number of hydrazine groups is 2. The van der Waals surface area contributed by atoms with E-state index in [0.717, 1.165) is 5.01 Å². The van der Waals surface area contributed by atoms with E-state index in [4.69, 9.17) is 40.6 Å². The molecule has 1 unspecified atom stereocenters. The Balaban J connectivity index is 2.19. The highest BCUT2D eigenvalue weighted by Crippen LogP contribution is 2.31. The van der Waals surface area contributed by atoms with Crippen LogP contribution in [0.1, 0.15) is 18.1 Å². The zero-order valence-electron chi connectivity index (χ0n) is 15.9. The predicted octanol–water partition coefficient (Wildman–Crippen LogP) is 2.49. The minimum atomic E-state index is -1.51. The Morgan fingerprint density at radius 3 is 2.63 bits per heavy atom. The standard InChI is InChI=1S/C19H19Cl3N6O2/c1-11(29)26-27-19(28(23)17(30)9-20)10-24-18(13-4-2-3-5-15(13)22)14-8-12(21)6-7-16(14)25-19/h2-8,25,27H,9-10,23H2,1H3,(H,26,29). The summed E-state index contributed by atoms with van der Waals surface area (Å²) in [4.78, 5) is 28.6. The second-order valence-corrected chi connectivity index (χ2v) is 7.63. The topological polar surface area (TPSA) is 112 Å². The lowest BCUT2D eigenvalue weighted by Gasteiger charge is -2.40. The van der Waals surface area contributed by atoms with Crippen LogP contribution in [-0.4, -0.2) is 40.7 Å². The fourth-order valence-corrected chi connectivity index (χ4v) is 3.51. The lowest BCUT2D eigenvalue weighted by atomic mass is 10.0. The summed E-state index contributed by atoms with van der Waals surface area (Å²) in [6.45, 7) is 1.23. The van der Waals surface area contributed by atoms with Crippen molar-refractivity contribution >= 4 is 58.0 Å². The van der Waals surface area contributed by atoms with Crippen LogP contribution in [0.2, 0.25) is 10.0 Å². The molecular formula is C19H19Cl3N6O2. The molecule has 0 aliphatic carbocycles. The summed E-state index contributed by atoms with van der Waals surface area (Å²) in [5, 5.41) is 5.01. The number of anilines is 1. The fraction of sp³-hybridized carbons (Fsp3) is 0.211. The van der Waals surface area contributed by atoms with Crippen LogP contribution >= 0.6 is 34.8 Å². The molecule has 0 aromatic heterocycles. The average Bonchev–Trinajstić information content (AvgIpc) is 2.89. The summed E-state index contributed by atoms with van der Waals surface area (Å²) in [6.07, 6.45) is 0. The van der Waals surface area contributed by atoms with Crippen molar-refractivity contribution in [1.82, 2.24) is 15.9 Å². The Kier molecular flexibility index (Phi) is 6.84. The van der Waals surface area contributed by atoms with Gasteiger partial charge in [0.05, 0.1) is 12.3 Å². The number of aliphatic imine (C=N–C) groups is 1. The molecule has 1 heterocycles. The minimum Gasteiger partial charge on any atom is -0.346 e. The van der Waals surface area contributed by atoms with Crippen LogP contribution in [0.15, 0.2) is 47.5 Å². The molecule has 2 aromatic carbocycles. The maximum absolute atomic E-state index is 12.3. The number of nitrogens with two attached hydrogens (primary N) is 1. The third kappa shape index (κ3) is 4.53. The molecule has 11 heteroatoms. The van der Waals surface area contributed by atoms with Crippen molar-refractivity contribution in [2.75, 3.05) is 17.7 Å². The monoisotopic (exact) mass is 468 g/mol. The molecule has 1 atom stereocenters. The van der Waals surface area contributed by atoms with E-state index in [2.05, 4.69) is 21.2 Å². The Labute approximate surface area is 188 Å². The van der Waals surface area contributed by atoms with Crippen molar-refractivity contribution in [3.63, 3.8) is 0 Å². The van der Waals surface area contributed by atoms with Crippen molar-refractivity contribution in [3.05, 3.63) is 63.6 Å². The van der Waals surface area contributed by atoms with E-state index in [9.17, 15) is 9.59 Å². The fourth-order valence-electron chi connectivity index (χ4n) is 2.98. The number of alkyl halides is 1. The average molecular weight is 470 g/mol. The molecule has 0 spiro atoms. The molecule has 0 saturated carbocycles. The van der Waals surface area contributed by atoms with Crippen LogP contribution in [-0.2, 0) is 9.59 Å². The highest BCUT2D eigenvalue weighted by Gasteiger charge is 2.41. The van der Waals surface area contributed by atoms with Gasteiger partial charge in [0.15, 0.2) is 0 Å². The van der Waals surface area contributed by atoms with Crippen LogP contribution in [0.3, 0.4) is 0 Å². The number of benzene rings is 2. The first-order valence-corrected chi connectivity index (χ1v) is 10.1. The summed E-state index contributed by atoms with van der Waals surface area (Å²) in [7, 11) is 0. The maximum atomic E-state index is 12.3. The van der Waals surface area contributed by atoms with Crippen LogP contribution < -0.4 is 22.0 Å². The van der Waals surface area contributed by atoms with Gasteiger partial charge in [-0.15, -0.1) is 11.6 Å². The number of halogens is 3. The largest absolute Gasteiger partial charge is 0.346 e. The highest BCUT2D eigenvalue weighted by molar-refractivity contribution is 6.36. The first-order chi connectivity index (χ1) is 14.3. The molecule has 0 bridgehead atoms. The Bertz CT molecular complexity index is 1020. The Morgan fingerprint density at radius 2 is 1.97 bits per heavy atom. The smallest absolute Gasteiger partial charge is 0.254 e. The van der Waals surface area contributed by atoms with Crippen LogP contribution in [0.25, 0.3) is 0 Å². The number of rotatable bonds is 5. The number of carbonyl (C=O) groups is 2. The van der Waals surface area contributed by atoms with Gasteiger partial charge in [0.25, 0.3) is 5.91 Å². The van der Waals surface area contributed by atoms with Crippen LogP contribution in [0.5, 0.6) is 0 Å². The molecule has 2 aromatic rings. The normalized spacial score (nSPS) is 17.8. The summed E-state index contributed by atoms with van der Waals surface area (Å²) in [5.41, 5.74) is 7.66. The third-order valence-electron chi connectivity index (χ3n) is 4.41. The van der Waals surface area contributed by atoms with E-state index >= 15 is 0 Å². The summed E-state index contributed by atoms with van der Waals surface area (Å²) < 4.78 is 0. The number of carbonyl (C=O) groups excluding carboxylic acids is 2. The van der Waals surface area contributed by atoms with Crippen molar-refractivity contribution in [1.29, 1.82) is 0 Å². The van der Waals surface area contributed by atoms with E-state index in [1.807, 2.05) is 18.2 Å². The zero-order valence-corrected chi connectivity index (χ0v) is 18.1. The number of fused-ring (bicyclic) bond motifs is 1. The first-order valence-electron chi connectivity index (χ1n) is 8.82. The molecule has 0 fully saturated rings. The quantitative estimate of drug-likeness (QED) is 0.177. The third-order valence-corrected chi connectivity index (χ3v) is 5.21. The minimum absolute atomic E-state index is 0.0841. The second kappa shape index (κ2) is 9.20. The summed E-state index contributed by atoms with van der Waals surface area (Å²) in [6, 6.07) is 12.3. The summed E-state index contributed by atoms with van der Waals surface area (Å²) >= 11 is 18.4. The number of hydrogen-bond donors (Lipinski definition) is 4. The second-order valence-electron chi connectivity index (χ2n) is 6.52. The Morgan fingerprint density at radius 1 is 1.23 bits per heavy atom. The lowest BCUT2D eigenvalue weighted by molar-refractivity contribution is -0.137. The van der Waals surface area contributed by atoms with Gasteiger partial charge in [0, 0.05) is 33.8 Å². The maximum Gasteiger partial charge on any atom is 0.254 e. The molecule has 5 N–H and O–H groups in total. The van der Waals surface area contributed by atoms with Crippen LogP contribution in [0, 0.1) is 0 Å². The molecule has 2 amide bonds. The number of hydrogen-bond acceptors (Lipinski definition) is 6. The highest BCUT2D eigenvalue weighted by atomic mass is 35.5. The molecule has 8 nitrogen and oxygen atoms in total. The molecule has 0 radical (unpaired) electrons. The van der Waals surface area contributed by atoms with E-state index in [-0.39, 0.29) is 12.4 Å². The first kappa shape index (κ1) is 22.3. The lowest BCUT2D eigenvalue weighted by Crippen LogP contribution is -2.73. The van der Waals surface area contributed by atoms with Crippen molar-refractivity contribution in [2.45, 2.75) is 12.7 Å². The van der Waals surface area contributed by atoms with E-state index < -0.39 is 17.6 Å². The van der Waals surface area contributed by atoms with Crippen molar-refractivity contribution in [3.8, 4) is 0 Å². The molecule has 1 aliphatic heterocycles. The van der Waals surface area contributed by atoms with Gasteiger partial charge in [0.2, 0.25) is 11.7 Å². The number of nitrogens with one attached hydrogen (secondary N) is 3. The van der Waals surface area contributed by atoms with Crippen LogP contribution in [0.4, 0.5) is 5.69 Å². The zero-order chi connectivity index (χ0) is 21.9. The van der Waals surface area contributed by atoms with E-state index in [1.165, 1.54) is 6.92 Å². The molecule has 1 aliphatic rings. The van der Waals surface area contributed by atoms with Gasteiger partial charge in [0.1, 0.15) is 5.88 Å². The molecule has 0 saturated heterocycles. The number of benzodiazepines with no additional fused rings is 1. The molecule has 30 heavy (non-hydrogen) atoms. The number of nitrogens with zero attached hydrogens (tertiary/aromatic N) is 2. The van der Waals surface area contributed by atoms with Gasteiger partial charge in [-0.2, -0.15) is 5.43 Å². The SMILES string of the molecule is CC(=O)NNC1(N(N)C(=O)CCl)CN=C(c2ccccc2Cl)c2cc(Cl)ccc2N1. The van der Waals surface area contributed by atoms with Gasteiger partial charge >= 0.3 is 0 Å². The molecule has 3 rings (SSSR count). The molecule has 158 valence electrons. The summed E-state index contributed by atoms with van der Waals surface area (Å²) in [5.74, 6) is 3.24. The van der Waals surface area contributed by atoms with E-state index in [1.54, 1.807) is 24.3 Å².